The summed E-state index contributed by atoms with van der Waals surface area (Å²) in [6, 6.07) is 1.62. The first-order chi connectivity index (χ1) is 7.86. The molecule has 0 aliphatic carbocycles. The lowest BCUT2D eigenvalue weighted by atomic mass is 10.1. The topological polar surface area (TPSA) is 72.2 Å². The third kappa shape index (κ3) is 4.33. The summed E-state index contributed by atoms with van der Waals surface area (Å²) < 4.78 is 27.2. The fraction of sp³-hybridized carbons (Fsp3) is 0.600. The lowest BCUT2D eigenvalue weighted by Gasteiger charge is -2.07. The summed E-state index contributed by atoms with van der Waals surface area (Å²) in [7, 11) is -3.42. The van der Waals surface area contributed by atoms with Crippen molar-refractivity contribution in [3.05, 3.63) is 14.7 Å². The van der Waals surface area contributed by atoms with Crippen molar-refractivity contribution in [1.82, 2.24) is 4.72 Å². The van der Waals surface area contributed by atoms with Crippen LogP contribution in [0.3, 0.4) is 0 Å². The Hall–Kier alpha value is 0.0500. The lowest BCUT2D eigenvalue weighted by molar-refractivity contribution is 0.551. The zero-order valence-corrected chi connectivity index (χ0v) is 13.1. The minimum absolute atomic E-state index is 0.284. The molecule has 0 saturated heterocycles. The highest BCUT2D eigenvalue weighted by Crippen LogP contribution is 2.31. The Morgan fingerprint density at radius 3 is 2.65 bits per heavy atom. The minimum Gasteiger partial charge on any atom is -0.326 e. The number of hydrogen-bond donors (Lipinski definition) is 2. The normalized spacial score (nSPS) is 12.3. The van der Waals surface area contributed by atoms with E-state index in [2.05, 4.69) is 34.5 Å². The molecule has 0 bridgehead atoms. The molecule has 17 heavy (non-hydrogen) atoms. The smallest absolute Gasteiger partial charge is 0.242 e. The van der Waals surface area contributed by atoms with Crippen molar-refractivity contribution < 1.29 is 8.42 Å². The van der Waals surface area contributed by atoms with Crippen molar-refractivity contribution in [3.63, 3.8) is 0 Å². The molecule has 0 saturated carbocycles. The van der Waals surface area contributed by atoms with Crippen LogP contribution in [-0.2, 0) is 16.6 Å². The van der Waals surface area contributed by atoms with Crippen LogP contribution in [0.1, 0.15) is 25.1 Å². The van der Waals surface area contributed by atoms with Gasteiger partial charge in [0.15, 0.2) is 0 Å². The molecule has 98 valence electrons. The van der Waals surface area contributed by atoms with Crippen LogP contribution in [0, 0.1) is 5.92 Å². The van der Waals surface area contributed by atoms with E-state index in [-0.39, 0.29) is 4.90 Å². The van der Waals surface area contributed by atoms with Crippen molar-refractivity contribution in [3.8, 4) is 0 Å². The van der Waals surface area contributed by atoms with E-state index in [1.165, 1.54) is 11.3 Å². The van der Waals surface area contributed by atoms with Crippen LogP contribution in [0.15, 0.2) is 14.7 Å². The molecule has 7 heteroatoms. The average molecular weight is 341 g/mol. The summed E-state index contributed by atoms with van der Waals surface area (Å²) in [5, 5.41) is 0. The van der Waals surface area contributed by atoms with Gasteiger partial charge < -0.3 is 5.73 Å². The molecule has 0 aliphatic rings. The van der Waals surface area contributed by atoms with Gasteiger partial charge in [0.1, 0.15) is 4.90 Å². The van der Waals surface area contributed by atoms with Crippen molar-refractivity contribution in [2.24, 2.45) is 11.7 Å². The second-order valence-electron chi connectivity index (χ2n) is 4.14. The molecule has 1 aromatic heterocycles. The summed E-state index contributed by atoms with van der Waals surface area (Å²) in [5.74, 6) is 0.475. The van der Waals surface area contributed by atoms with Gasteiger partial charge in [-0.25, -0.2) is 13.1 Å². The summed E-state index contributed by atoms with van der Waals surface area (Å²) >= 11 is 4.61. The molecule has 0 unspecified atom stereocenters. The van der Waals surface area contributed by atoms with Gasteiger partial charge in [-0.05, 0) is 34.3 Å². The fourth-order valence-electron chi connectivity index (χ4n) is 1.24. The summed E-state index contributed by atoms with van der Waals surface area (Å²) in [5.41, 5.74) is 5.49. The molecule has 3 N–H and O–H groups in total. The molecule has 0 aromatic carbocycles. The van der Waals surface area contributed by atoms with Crippen molar-refractivity contribution in [2.75, 3.05) is 6.54 Å². The van der Waals surface area contributed by atoms with Crippen LogP contribution in [0.2, 0.25) is 0 Å². The number of sulfonamides is 1. The van der Waals surface area contributed by atoms with E-state index in [4.69, 9.17) is 5.73 Å². The Bertz CT molecular complexity index is 469. The zero-order chi connectivity index (χ0) is 13.1. The van der Waals surface area contributed by atoms with E-state index >= 15 is 0 Å². The van der Waals surface area contributed by atoms with E-state index in [1.54, 1.807) is 6.07 Å². The molecule has 4 nitrogen and oxygen atoms in total. The second-order valence-corrected chi connectivity index (χ2v) is 8.33. The van der Waals surface area contributed by atoms with Gasteiger partial charge in [0.2, 0.25) is 10.0 Å². The van der Waals surface area contributed by atoms with Gasteiger partial charge in [-0.2, -0.15) is 0 Å². The maximum absolute atomic E-state index is 12.0. The van der Waals surface area contributed by atoms with E-state index in [0.29, 0.717) is 22.8 Å². The molecule has 1 rings (SSSR count). The molecule has 0 fully saturated rings. The first kappa shape index (κ1) is 15.1. The zero-order valence-electron chi connectivity index (χ0n) is 9.86. The van der Waals surface area contributed by atoms with Crippen molar-refractivity contribution >= 4 is 37.3 Å². The number of hydrogen-bond acceptors (Lipinski definition) is 4. The summed E-state index contributed by atoms with van der Waals surface area (Å²) in [4.78, 5) is 1.13. The Balaban J connectivity index is 2.78. The standard InChI is InChI=1S/C10H17BrN2O2S2/c1-7(2)3-4-13-17(14,15)9-5-8(6-12)16-10(9)11/h5,7,13H,3-4,6,12H2,1-2H3. The lowest BCUT2D eigenvalue weighted by Crippen LogP contribution is -2.25. The molecule has 0 spiro atoms. The highest BCUT2D eigenvalue weighted by atomic mass is 79.9. The Kier molecular flexibility index (Phi) is 5.59. The van der Waals surface area contributed by atoms with E-state index < -0.39 is 10.0 Å². The van der Waals surface area contributed by atoms with Gasteiger partial charge in [0, 0.05) is 18.0 Å². The molecule has 0 aliphatic heterocycles. The SMILES string of the molecule is CC(C)CCNS(=O)(=O)c1cc(CN)sc1Br. The third-order valence-corrected chi connectivity index (χ3v) is 5.95. The maximum Gasteiger partial charge on any atom is 0.242 e. The number of halogens is 1. The van der Waals surface area contributed by atoms with Gasteiger partial charge in [-0.1, -0.05) is 13.8 Å². The van der Waals surface area contributed by atoms with Gasteiger partial charge >= 0.3 is 0 Å². The largest absolute Gasteiger partial charge is 0.326 e. The monoisotopic (exact) mass is 340 g/mol. The van der Waals surface area contributed by atoms with Crippen LogP contribution < -0.4 is 10.5 Å². The van der Waals surface area contributed by atoms with Gasteiger partial charge in [-0.15, -0.1) is 11.3 Å². The fourth-order valence-corrected chi connectivity index (χ4v) is 4.85. The predicted octanol–water partition coefficient (Wildman–Crippen LogP) is 2.29. The molecule has 0 amide bonds. The molecule has 1 aromatic rings. The molecule has 0 radical (unpaired) electrons. The predicted molar refractivity (Wildman–Crippen MR) is 74.6 cm³/mol. The van der Waals surface area contributed by atoms with Gasteiger partial charge in [-0.3, -0.25) is 0 Å². The third-order valence-electron chi connectivity index (χ3n) is 2.21. The Morgan fingerprint density at radius 1 is 1.53 bits per heavy atom. The van der Waals surface area contributed by atoms with Crippen LogP contribution >= 0.6 is 27.3 Å². The average Bonchev–Trinajstić information content (AvgIpc) is 2.59. The van der Waals surface area contributed by atoms with Crippen LogP contribution in [0.25, 0.3) is 0 Å². The summed E-state index contributed by atoms with van der Waals surface area (Å²) in [6.07, 6.45) is 0.824. The number of nitrogens with one attached hydrogen (secondary N) is 1. The summed E-state index contributed by atoms with van der Waals surface area (Å²) in [6.45, 7) is 4.92. The highest BCUT2D eigenvalue weighted by molar-refractivity contribution is 9.11. The first-order valence-corrected chi connectivity index (χ1v) is 8.44. The number of rotatable bonds is 6. The van der Waals surface area contributed by atoms with Crippen molar-refractivity contribution in [1.29, 1.82) is 0 Å². The van der Waals surface area contributed by atoms with Crippen LogP contribution in [0.5, 0.6) is 0 Å². The maximum atomic E-state index is 12.0. The number of nitrogens with two attached hydrogens (primary N) is 1. The van der Waals surface area contributed by atoms with Gasteiger partial charge in [0.25, 0.3) is 0 Å². The van der Waals surface area contributed by atoms with Crippen LogP contribution in [0.4, 0.5) is 0 Å². The highest BCUT2D eigenvalue weighted by Gasteiger charge is 2.20. The van der Waals surface area contributed by atoms with E-state index in [1.807, 2.05) is 0 Å². The first-order valence-electron chi connectivity index (χ1n) is 5.34. The quantitative estimate of drug-likeness (QED) is 0.834. The second kappa shape index (κ2) is 6.29. The molecule has 1 heterocycles. The molecular formula is C10H17BrN2O2S2. The Morgan fingerprint density at radius 2 is 2.18 bits per heavy atom. The van der Waals surface area contributed by atoms with Gasteiger partial charge in [0.05, 0.1) is 3.79 Å². The van der Waals surface area contributed by atoms with E-state index in [9.17, 15) is 8.42 Å². The van der Waals surface area contributed by atoms with E-state index in [0.717, 1.165) is 11.3 Å². The van der Waals surface area contributed by atoms with Crippen molar-refractivity contribution in [2.45, 2.75) is 31.7 Å². The number of thiophene rings is 1. The minimum atomic E-state index is -3.42. The van der Waals surface area contributed by atoms with Crippen LogP contribution in [-0.4, -0.2) is 15.0 Å². The Labute approximate surface area is 115 Å². The molecule has 0 atom stereocenters. The molecular weight excluding hydrogens is 324 g/mol.